The van der Waals surface area contributed by atoms with E-state index in [1.54, 1.807) is 19.9 Å². The topological polar surface area (TPSA) is 52.6 Å². The van der Waals surface area contributed by atoms with Crippen molar-refractivity contribution in [2.75, 3.05) is 6.61 Å². The van der Waals surface area contributed by atoms with Gasteiger partial charge < -0.3 is 9.47 Å². The van der Waals surface area contributed by atoms with E-state index in [9.17, 15) is 9.59 Å². The fourth-order valence-corrected chi connectivity index (χ4v) is 5.93. The first-order valence-electron chi connectivity index (χ1n) is 9.94. The molecule has 6 heteroatoms. The lowest BCUT2D eigenvalue weighted by molar-refractivity contribution is -0.147. The van der Waals surface area contributed by atoms with Gasteiger partial charge in [-0.3, -0.25) is 9.59 Å². The third-order valence-corrected chi connectivity index (χ3v) is 7.56. The van der Waals surface area contributed by atoms with E-state index in [2.05, 4.69) is 54.6 Å². The molecular formula is C25H22IO4S+. The number of hydrogen-bond acceptors (Lipinski definition) is 4. The molecule has 0 amide bonds. The summed E-state index contributed by atoms with van der Waals surface area (Å²) < 4.78 is 12.6. The van der Waals surface area contributed by atoms with E-state index in [1.807, 2.05) is 34.7 Å². The second kappa shape index (κ2) is 8.96. The van der Waals surface area contributed by atoms with E-state index in [0.717, 1.165) is 4.90 Å². The Morgan fingerprint density at radius 1 is 0.903 bits per heavy atom. The number of carbonyl (C=O) groups excluding carboxylic acids is 2. The van der Waals surface area contributed by atoms with Crippen LogP contribution in [0.5, 0.6) is 5.75 Å². The monoisotopic (exact) mass is 545 g/mol. The Kier molecular flexibility index (Phi) is 6.29. The predicted molar refractivity (Wildman–Crippen MR) is 135 cm³/mol. The predicted octanol–water partition coefficient (Wildman–Crippen LogP) is 6.78. The van der Waals surface area contributed by atoms with Crippen LogP contribution in [0.15, 0.2) is 72.8 Å². The maximum Gasteiger partial charge on any atom is 0.321 e. The molecule has 1 aromatic heterocycles. The van der Waals surface area contributed by atoms with Crippen molar-refractivity contribution in [3.8, 4) is 10.6 Å². The van der Waals surface area contributed by atoms with E-state index in [1.165, 1.54) is 20.2 Å². The minimum atomic E-state index is -0.620. The standard InChI is InChI=1S/C25H22IO4S/c1-25(2,26)24(28)29-15-14-23(27)30-17-8-7-9-18(16-17)31-21-12-5-3-10-19(21)20-11-4-6-13-22(20)31/h3-13,16H,14-15H2,1-2H3/q+1. The van der Waals surface area contributed by atoms with Crippen LogP contribution < -0.4 is 4.74 Å². The lowest BCUT2D eigenvalue weighted by Crippen LogP contribution is -2.27. The quantitative estimate of drug-likeness (QED) is 0.0881. The van der Waals surface area contributed by atoms with Crippen molar-refractivity contribution >= 4 is 65.2 Å². The molecular weight excluding hydrogens is 523 g/mol. The number of esters is 2. The lowest BCUT2D eigenvalue weighted by atomic mass is 10.2. The van der Waals surface area contributed by atoms with Crippen LogP contribution >= 0.6 is 33.1 Å². The molecule has 0 bridgehead atoms. The number of halogens is 1. The van der Waals surface area contributed by atoms with Gasteiger partial charge in [-0.25, -0.2) is 0 Å². The summed E-state index contributed by atoms with van der Waals surface area (Å²) in [5, 5.41) is 2.51. The number of benzene rings is 3. The highest BCUT2D eigenvalue weighted by Gasteiger charge is 2.26. The molecule has 158 valence electrons. The number of alkyl halides is 1. The summed E-state index contributed by atoms with van der Waals surface area (Å²) in [6, 6.07) is 24.6. The van der Waals surface area contributed by atoms with Gasteiger partial charge >= 0.3 is 11.9 Å². The van der Waals surface area contributed by atoms with Crippen molar-refractivity contribution in [2.24, 2.45) is 0 Å². The third-order valence-electron chi connectivity index (χ3n) is 4.80. The molecule has 31 heavy (non-hydrogen) atoms. The number of ether oxygens (including phenoxy) is 2. The number of rotatable bonds is 6. The molecule has 1 heterocycles. The van der Waals surface area contributed by atoms with Gasteiger partial charge in [0.1, 0.15) is 15.8 Å². The van der Waals surface area contributed by atoms with Crippen molar-refractivity contribution in [1.29, 1.82) is 0 Å². The smallest absolute Gasteiger partial charge is 0.321 e. The molecule has 0 saturated carbocycles. The highest BCUT2D eigenvalue weighted by Crippen LogP contribution is 2.48. The second-order valence-electron chi connectivity index (χ2n) is 7.61. The highest BCUT2D eigenvalue weighted by atomic mass is 127. The third kappa shape index (κ3) is 4.75. The number of hydrogen-bond donors (Lipinski definition) is 0. The molecule has 0 fully saturated rings. The van der Waals surface area contributed by atoms with Gasteiger partial charge in [-0.2, -0.15) is 0 Å². The Bertz CT molecular complexity index is 1220. The maximum atomic E-state index is 12.3. The molecule has 3 aromatic carbocycles. The molecule has 0 aliphatic rings. The normalized spacial score (nSPS) is 11.6. The van der Waals surface area contributed by atoms with Crippen LogP contribution in [0.2, 0.25) is 0 Å². The number of carbonyl (C=O) groups is 2. The summed E-state index contributed by atoms with van der Waals surface area (Å²) in [6.07, 6.45) is 0.0140. The average molecular weight is 545 g/mol. The van der Waals surface area contributed by atoms with Gasteiger partial charge in [-0.15, -0.1) is 0 Å². The van der Waals surface area contributed by atoms with Gasteiger partial charge in [-0.1, -0.05) is 52.9 Å². The first-order valence-corrected chi connectivity index (χ1v) is 12.2. The minimum absolute atomic E-state index is 0.00884. The van der Waals surface area contributed by atoms with Gasteiger partial charge in [0.2, 0.25) is 0 Å². The van der Waals surface area contributed by atoms with Crippen molar-refractivity contribution < 1.29 is 19.1 Å². The molecule has 0 saturated heterocycles. The molecule has 0 N–H and O–H groups in total. The van der Waals surface area contributed by atoms with Gasteiger partial charge in [0.05, 0.1) is 6.42 Å². The Morgan fingerprint density at radius 2 is 1.52 bits per heavy atom. The number of fused-ring (bicyclic) bond motifs is 3. The Morgan fingerprint density at radius 3 is 2.13 bits per heavy atom. The SMILES string of the molecule is CC(C)(I)C(=O)OCCC(=O)Oc1cccc(-[s+]2c3ccccc3c3ccccc32)c1. The molecule has 0 radical (unpaired) electrons. The Balaban J connectivity index is 1.56. The van der Waals surface area contributed by atoms with Crippen LogP contribution in [0, 0.1) is 0 Å². The van der Waals surface area contributed by atoms with E-state index >= 15 is 0 Å². The van der Waals surface area contributed by atoms with Crippen LogP contribution in [0.1, 0.15) is 20.3 Å². The number of thiophene rings is 1. The highest BCUT2D eigenvalue weighted by molar-refractivity contribution is 14.1. The zero-order valence-corrected chi connectivity index (χ0v) is 20.2. The van der Waals surface area contributed by atoms with Gasteiger partial charge in [0.15, 0.2) is 14.3 Å². The van der Waals surface area contributed by atoms with Crippen LogP contribution in [-0.2, 0) is 14.3 Å². The molecule has 0 aliphatic heterocycles. The lowest BCUT2D eigenvalue weighted by Gasteiger charge is -2.14. The summed E-state index contributed by atoms with van der Waals surface area (Å²) in [5.41, 5.74) is 0. The van der Waals surface area contributed by atoms with Crippen LogP contribution in [0.25, 0.3) is 25.1 Å². The van der Waals surface area contributed by atoms with Crippen molar-refractivity contribution in [3.05, 3.63) is 72.8 Å². The van der Waals surface area contributed by atoms with E-state index in [4.69, 9.17) is 9.47 Å². The minimum Gasteiger partial charge on any atom is -0.464 e. The second-order valence-corrected chi connectivity index (χ2v) is 12.3. The van der Waals surface area contributed by atoms with Gasteiger partial charge in [0, 0.05) is 27.3 Å². The zero-order valence-electron chi connectivity index (χ0n) is 17.3. The van der Waals surface area contributed by atoms with Crippen molar-refractivity contribution in [3.63, 3.8) is 0 Å². The molecule has 4 nitrogen and oxygen atoms in total. The van der Waals surface area contributed by atoms with E-state index in [0.29, 0.717) is 5.75 Å². The van der Waals surface area contributed by atoms with Crippen molar-refractivity contribution in [2.45, 2.75) is 23.7 Å². The Hall–Kier alpha value is -2.45. The van der Waals surface area contributed by atoms with Gasteiger partial charge in [0.25, 0.3) is 0 Å². The zero-order chi connectivity index (χ0) is 22.0. The largest absolute Gasteiger partial charge is 0.464 e. The fraction of sp³-hybridized carbons (Fsp3) is 0.200. The Labute approximate surface area is 197 Å². The van der Waals surface area contributed by atoms with E-state index < -0.39 is 9.39 Å². The molecule has 4 rings (SSSR count). The van der Waals surface area contributed by atoms with E-state index in [-0.39, 0.29) is 29.5 Å². The molecule has 0 unspecified atom stereocenters. The van der Waals surface area contributed by atoms with Crippen LogP contribution in [-0.4, -0.2) is 22.0 Å². The molecule has 0 atom stereocenters. The summed E-state index contributed by atoms with van der Waals surface area (Å²) >= 11 is 2.01. The van der Waals surface area contributed by atoms with Gasteiger partial charge in [-0.05, 0) is 50.2 Å². The molecule has 0 spiro atoms. The summed E-state index contributed by atoms with van der Waals surface area (Å²) in [7, 11) is -0.249. The average Bonchev–Trinajstić information content (AvgIpc) is 3.08. The fourth-order valence-electron chi connectivity index (χ4n) is 3.35. The van der Waals surface area contributed by atoms with Crippen molar-refractivity contribution in [1.82, 2.24) is 0 Å². The van der Waals surface area contributed by atoms with Crippen LogP contribution in [0.4, 0.5) is 0 Å². The van der Waals surface area contributed by atoms with Crippen LogP contribution in [0.3, 0.4) is 0 Å². The molecule has 4 aromatic rings. The first-order chi connectivity index (χ1) is 14.8. The summed E-state index contributed by atoms with van der Waals surface area (Å²) in [6.45, 7) is 3.54. The maximum absolute atomic E-state index is 12.3. The summed E-state index contributed by atoms with van der Waals surface area (Å²) in [4.78, 5) is 25.2. The molecule has 0 aliphatic carbocycles. The first kappa shape index (κ1) is 21.8. The summed E-state index contributed by atoms with van der Waals surface area (Å²) in [5.74, 6) is -0.271.